The highest BCUT2D eigenvalue weighted by molar-refractivity contribution is 9.10. The molecule has 6 heteroatoms. The summed E-state index contributed by atoms with van der Waals surface area (Å²) in [4.78, 5) is 12.7. The van der Waals surface area contributed by atoms with Crippen LogP contribution in [0, 0.1) is 11.8 Å². The first-order valence-corrected chi connectivity index (χ1v) is 7.40. The van der Waals surface area contributed by atoms with Crippen LogP contribution in [0.4, 0.5) is 13.2 Å². The van der Waals surface area contributed by atoms with Crippen LogP contribution in [0.25, 0.3) is 0 Å². The molecular formula is C12H12BrF3OS. The fourth-order valence-corrected chi connectivity index (χ4v) is 3.97. The largest absolute Gasteiger partial charge is 0.391 e. The quantitative estimate of drug-likeness (QED) is 0.687. The first-order valence-electron chi connectivity index (χ1n) is 5.73. The van der Waals surface area contributed by atoms with Crippen LogP contribution in [0.3, 0.4) is 0 Å². The van der Waals surface area contributed by atoms with Crippen molar-refractivity contribution in [2.45, 2.75) is 31.9 Å². The molecule has 2 atom stereocenters. The Hall–Kier alpha value is -0.360. The molecule has 1 saturated carbocycles. The van der Waals surface area contributed by atoms with Crippen LogP contribution in [0.2, 0.25) is 0 Å². The van der Waals surface area contributed by atoms with Gasteiger partial charge in [0.05, 0.1) is 10.8 Å². The number of hydrogen-bond donors (Lipinski definition) is 0. The lowest BCUT2D eigenvalue weighted by Gasteiger charge is -2.29. The maximum Gasteiger partial charge on any atom is 0.391 e. The zero-order chi connectivity index (χ0) is 13.3. The molecular weight excluding hydrogens is 329 g/mol. The van der Waals surface area contributed by atoms with Gasteiger partial charge in [0, 0.05) is 10.4 Å². The third kappa shape index (κ3) is 2.96. The molecule has 0 spiro atoms. The highest BCUT2D eigenvalue weighted by Crippen LogP contribution is 2.41. The molecule has 0 N–H and O–H groups in total. The summed E-state index contributed by atoms with van der Waals surface area (Å²) in [5.74, 6) is -1.95. The summed E-state index contributed by atoms with van der Waals surface area (Å²) in [5, 5.41) is 1.77. The van der Waals surface area contributed by atoms with Crippen molar-refractivity contribution in [3.8, 4) is 0 Å². The third-order valence-electron chi connectivity index (χ3n) is 3.35. The molecule has 1 aromatic heterocycles. The number of rotatable bonds is 2. The van der Waals surface area contributed by atoms with Crippen LogP contribution in [0.1, 0.15) is 35.4 Å². The van der Waals surface area contributed by atoms with Crippen LogP contribution in [-0.4, -0.2) is 12.0 Å². The Bertz CT molecular complexity index is 441. The molecule has 0 radical (unpaired) electrons. The van der Waals surface area contributed by atoms with E-state index in [1.165, 1.54) is 11.3 Å². The van der Waals surface area contributed by atoms with Crippen molar-refractivity contribution < 1.29 is 18.0 Å². The van der Waals surface area contributed by atoms with Crippen LogP contribution < -0.4 is 0 Å². The van der Waals surface area contributed by atoms with Gasteiger partial charge in [0.25, 0.3) is 0 Å². The summed E-state index contributed by atoms with van der Waals surface area (Å²) < 4.78 is 38.7. The van der Waals surface area contributed by atoms with Crippen molar-refractivity contribution in [3.05, 3.63) is 20.8 Å². The van der Waals surface area contributed by atoms with Gasteiger partial charge in [-0.05, 0) is 46.6 Å². The maximum atomic E-state index is 12.7. The Morgan fingerprint density at radius 1 is 1.39 bits per heavy atom. The van der Waals surface area contributed by atoms with Gasteiger partial charge >= 0.3 is 6.18 Å². The van der Waals surface area contributed by atoms with E-state index in [9.17, 15) is 18.0 Å². The van der Waals surface area contributed by atoms with Crippen LogP contribution in [-0.2, 0) is 0 Å². The van der Waals surface area contributed by atoms with Crippen molar-refractivity contribution in [2.24, 2.45) is 11.8 Å². The summed E-state index contributed by atoms with van der Waals surface area (Å²) in [6, 6.07) is 1.75. The van der Waals surface area contributed by atoms with Crippen molar-refractivity contribution in [2.75, 3.05) is 0 Å². The summed E-state index contributed by atoms with van der Waals surface area (Å²) >= 11 is 4.54. The number of hydrogen-bond acceptors (Lipinski definition) is 2. The molecule has 100 valence electrons. The topological polar surface area (TPSA) is 17.1 Å². The predicted molar refractivity (Wildman–Crippen MR) is 67.9 cm³/mol. The number of Topliss-reactive ketones (excluding diaryl/α,β-unsaturated/α-hetero) is 1. The molecule has 2 rings (SSSR count). The van der Waals surface area contributed by atoms with Gasteiger partial charge in [-0.3, -0.25) is 4.79 Å². The lowest BCUT2D eigenvalue weighted by Crippen LogP contribution is -2.31. The van der Waals surface area contributed by atoms with E-state index in [1.807, 2.05) is 0 Å². The second kappa shape index (κ2) is 5.33. The Kier molecular flexibility index (Phi) is 4.16. The minimum Gasteiger partial charge on any atom is -0.293 e. The molecule has 0 aromatic carbocycles. The van der Waals surface area contributed by atoms with E-state index in [0.29, 0.717) is 22.2 Å². The average molecular weight is 341 g/mol. The zero-order valence-corrected chi connectivity index (χ0v) is 11.9. The molecule has 1 aliphatic rings. The molecule has 0 aliphatic heterocycles. The SMILES string of the molecule is O=C(c1sccc1Br)C1CCCC(C(F)(F)F)C1. The van der Waals surface area contributed by atoms with Gasteiger partial charge in [-0.15, -0.1) is 11.3 Å². The Labute approximate surface area is 116 Å². The summed E-state index contributed by atoms with van der Waals surface area (Å²) in [7, 11) is 0. The number of carbonyl (C=O) groups excluding carboxylic acids is 1. The fraction of sp³-hybridized carbons (Fsp3) is 0.583. The monoisotopic (exact) mass is 340 g/mol. The minimum absolute atomic E-state index is 0.0628. The zero-order valence-electron chi connectivity index (χ0n) is 9.47. The maximum absolute atomic E-state index is 12.7. The van der Waals surface area contributed by atoms with E-state index >= 15 is 0 Å². The van der Waals surface area contributed by atoms with E-state index in [4.69, 9.17) is 0 Å². The second-order valence-electron chi connectivity index (χ2n) is 4.56. The van der Waals surface area contributed by atoms with Crippen LogP contribution in [0.15, 0.2) is 15.9 Å². The minimum atomic E-state index is -4.17. The molecule has 1 aromatic rings. The van der Waals surface area contributed by atoms with Crippen molar-refractivity contribution in [1.82, 2.24) is 0 Å². The van der Waals surface area contributed by atoms with E-state index in [1.54, 1.807) is 11.4 Å². The number of thiophene rings is 1. The molecule has 2 unspecified atom stereocenters. The molecule has 0 amide bonds. The standard InChI is InChI=1S/C12H12BrF3OS/c13-9-4-5-18-11(9)10(17)7-2-1-3-8(6-7)12(14,15)16/h4-5,7-8H,1-3,6H2. The summed E-state index contributed by atoms with van der Waals surface area (Å²) in [6.45, 7) is 0. The number of carbonyl (C=O) groups is 1. The van der Waals surface area contributed by atoms with E-state index in [-0.39, 0.29) is 18.6 Å². The molecule has 1 heterocycles. The summed E-state index contributed by atoms with van der Waals surface area (Å²) in [6.07, 6.45) is -3.05. The van der Waals surface area contributed by atoms with Gasteiger partial charge < -0.3 is 0 Å². The van der Waals surface area contributed by atoms with Crippen molar-refractivity contribution in [3.63, 3.8) is 0 Å². The Balaban J connectivity index is 2.10. The van der Waals surface area contributed by atoms with Gasteiger partial charge in [0.2, 0.25) is 0 Å². The van der Waals surface area contributed by atoms with Crippen molar-refractivity contribution in [1.29, 1.82) is 0 Å². The molecule has 0 bridgehead atoms. The number of alkyl halides is 3. The first kappa shape index (κ1) is 14.1. The lowest BCUT2D eigenvalue weighted by atomic mass is 9.79. The van der Waals surface area contributed by atoms with Gasteiger partial charge in [0.15, 0.2) is 5.78 Å². The average Bonchev–Trinajstić information content (AvgIpc) is 2.73. The van der Waals surface area contributed by atoms with E-state index < -0.39 is 18.0 Å². The van der Waals surface area contributed by atoms with Crippen LogP contribution >= 0.6 is 27.3 Å². The predicted octanol–water partition coefficient (Wildman–Crippen LogP) is 5.06. The Morgan fingerprint density at radius 2 is 2.11 bits per heavy atom. The smallest absolute Gasteiger partial charge is 0.293 e. The molecule has 1 fully saturated rings. The molecule has 1 aliphatic carbocycles. The van der Waals surface area contributed by atoms with Crippen LogP contribution in [0.5, 0.6) is 0 Å². The Morgan fingerprint density at radius 3 is 2.67 bits per heavy atom. The number of halogens is 4. The molecule has 1 nitrogen and oxygen atoms in total. The number of ketones is 1. The van der Waals surface area contributed by atoms with Gasteiger partial charge in [0.1, 0.15) is 0 Å². The summed E-state index contributed by atoms with van der Waals surface area (Å²) in [5.41, 5.74) is 0. The van der Waals surface area contributed by atoms with Crippen molar-refractivity contribution >= 4 is 33.0 Å². The van der Waals surface area contributed by atoms with Gasteiger partial charge in [-0.1, -0.05) is 6.42 Å². The van der Waals surface area contributed by atoms with E-state index in [2.05, 4.69) is 15.9 Å². The highest BCUT2D eigenvalue weighted by Gasteiger charge is 2.43. The molecule has 18 heavy (non-hydrogen) atoms. The normalized spacial score (nSPS) is 25.1. The third-order valence-corrected chi connectivity index (χ3v) is 5.20. The highest BCUT2D eigenvalue weighted by atomic mass is 79.9. The lowest BCUT2D eigenvalue weighted by molar-refractivity contribution is -0.184. The van der Waals surface area contributed by atoms with Gasteiger partial charge in [-0.25, -0.2) is 0 Å². The molecule has 0 saturated heterocycles. The fourth-order valence-electron chi connectivity index (χ4n) is 2.38. The first-order chi connectivity index (χ1) is 8.39. The van der Waals surface area contributed by atoms with Gasteiger partial charge in [-0.2, -0.15) is 13.2 Å². The second-order valence-corrected chi connectivity index (χ2v) is 6.33. The van der Waals surface area contributed by atoms with E-state index in [0.717, 1.165) is 0 Å².